The van der Waals surface area contributed by atoms with Crippen molar-refractivity contribution < 1.29 is 9.53 Å². The summed E-state index contributed by atoms with van der Waals surface area (Å²) in [6.45, 7) is 3.10. The number of rotatable bonds is 6. The average molecular weight is 358 g/mol. The van der Waals surface area contributed by atoms with Gasteiger partial charge in [-0.3, -0.25) is 4.79 Å². The second-order valence-electron chi connectivity index (χ2n) is 5.95. The van der Waals surface area contributed by atoms with Gasteiger partial charge in [-0.25, -0.2) is 4.98 Å². The minimum absolute atomic E-state index is 0.270. The van der Waals surface area contributed by atoms with Gasteiger partial charge >= 0.3 is 5.97 Å². The maximum Gasteiger partial charge on any atom is 0.322 e. The summed E-state index contributed by atoms with van der Waals surface area (Å²) >= 11 is 5.93. The zero-order chi connectivity index (χ0) is 17.8. The van der Waals surface area contributed by atoms with Gasteiger partial charge in [-0.2, -0.15) is 0 Å². The van der Waals surface area contributed by atoms with Gasteiger partial charge in [-0.15, -0.1) is 0 Å². The smallest absolute Gasteiger partial charge is 0.322 e. The molecule has 0 unspecified atom stereocenters. The Morgan fingerprint density at radius 2 is 1.96 bits per heavy atom. The maximum atomic E-state index is 11.4. The van der Waals surface area contributed by atoms with Gasteiger partial charge in [-0.05, 0) is 42.3 Å². The van der Waals surface area contributed by atoms with Crippen LogP contribution in [0.3, 0.4) is 0 Å². The average Bonchev–Trinajstić information content (AvgIpc) is 3.03. The van der Waals surface area contributed by atoms with Crippen molar-refractivity contribution in [2.24, 2.45) is 0 Å². The molecule has 0 spiro atoms. The van der Waals surface area contributed by atoms with E-state index in [1.54, 1.807) is 6.92 Å². The van der Waals surface area contributed by atoms with E-state index in [0.717, 1.165) is 28.2 Å². The highest BCUT2D eigenvalue weighted by Crippen LogP contribution is 2.18. The van der Waals surface area contributed by atoms with Crippen LogP contribution in [0, 0.1) is 0 Å². The quantitative estimate of drug-likeness (QED) is 0.687. The lowest BCUT2D eigenvalue weighted by atomic mass is 10.1. The Kier molecular flexibility index (Phi) is 5.36. The standard InChI is InChI=1S/C19H20ClN3O2/c1-13(19(24)25-2)21-10-15-5-8-18-17(9-15)22-12-23(18)11-14-3-6-16(20)7-4-14/h3-9,12-13,21H,10-11H2,1-2H3/t13-/m0/s1. The molecule has 0 fully saturated rings. The van der Waals surface area contributed by atoms with E-state index in [0.29, 0.717) is 6.54 Å². The molecule has 0 saturated heterocycles. The van der Waals surface area contributed by atoms with Crippen molar-refractivity contribution in [2.75, 3.05) is 7.11 Å². The van der Waals surface area contributed by atoms with Crippen molar-refractivity contribution in [3.05, 3.63) is 64.9 Å². The van der Waals surface area contributed by atoms with Gasteiger partial charge in [0.1, 0.15) is 6.04 Å². The van der Waals surface area contributed by atoms with E-state index in [1.807, 2.05) is 42.7 Å². The molecule has 0 radical (unpaired) electrons. The van der Waals surface area contributed by atoms with Crippen LogP contribution in [-0.2, 0) is 22.6 Å². The largest absolute Gasteiger partial charge is 0.468 e. The SMILES string of the molecule is COC(=O)[C@H](C)NCc1ccc2c(c1)ncn2Cc1ccc(Cl)cc1. The molecule has 2 aromatic carbocycles. The van der Waals surface area contributed by atoms with Crippen LogP contribution < -0.4 is 5.32 Å². The number of ether oxygens (including phenoxy) is 1. The lowest BCUT2D eigenvalue weighted by Crippen LogP contribution is -2.34. The van der Waals surface area contributed by atoms with Crippen LogP contribution in [0.4, 0.5) is 0 Å². The number of imidazole rings is 1. The van der Waals surface area contributed by atoms with Crippen LogP contribution in [-0.4, -0.2) is 28.7 Å². The van der Waals surface area contributed by atoms with Crippen molar-refractivity contribution in [1.29, 1.82) is 0 Å². The Morgan fingerprint density at radius 1 is 1.24 bits per heavy atom. The number of aromatic nitrogens is 2. The van der Waals surface area contributed by atoms with E-state index < -0.39 is 0 Å². The lowest BCUT2D eigenvalue weighted by molar-refractivity contribution is -0.142. The van der Waals surface area contributed by atoms with Crippen molar-refractivity contribution in [3.63, 3.8) is 0 Å². The zero-order valence-electron chi connectivity index (χ0n) is 14.2. The van der Waals surface area contributed by atoms with Crippen LogP contribution in [0.5, 0.6) is 0 Å². The summed E-state index contributed by atoms with van der Waals surface area (Å²) in [5.74, 6) is -0.270. The molecule has 1 N–H and O–H groups in total. The molecule has 3 aromatic rings. The van der Waals surface area contributed by atoms with Gasteiger partial charge in [-0.1, -0.05) is 29.8 Å². The van der Waals surface area contributed by atoms with E-state index in [4.69, 9.17) is 16.3 Å². The molecule has 5 nitrogen and oxygen atoms in total. The fourth-order valence-electron chi connectivity index (χ4n) is 2.66. The van der Waals surface area contributed by atoms with Crippen molar-refractivity contribution >= 4 is 28.6 Å². The molecule has 0 saturated carbocycles. The van der Waals surface area contributed by atoms with E-state index in [-0.39, 0.29) is 12.0 Å². The molecular weight excluding hydrogens is 338 g/mol. The molecule has 1 heterocycles. The number of carbonyl (C=O) groups excluding carboxylic acids is 1. The number of methoxy groups -OCH3 is 1. The van der Waals surface area contributed by atoms with Crippen LogP contribution in [0.1, 0.15) is 18.1 Å². The molecule has 3 rings (SSSR count). The van der Waals surface area contributed by atoms with E-state index >= 15 is 0 Å². The highest BCUT2D eigenvalue weighted by atomic mass is 35.5. The van der Waals surface area contributed by atoms with Crippen LogP contribution in [0.15, 0.2) is 48.8 Å². The van der Waals surface area contributed by atoms with Crippen LogP contribution >= 0.6 is 11.6 Å². The van der Waals surface area contributed by atoms with Crippen LogP contribution in [0.2, 0.25) is 5.02 Å². The molecule has 1 atom stereocenters. The summed E-state index contributed by atoms with van der Waals surface area (Å²) in [7, 11) is 1.39. The molecule has 6 heteroatoms. The summed E-state index contributed by atoms with van der Waals surface area (Å²) in [4.78, 5) is 15.9. The Labute approximate surface area is 151 Å². The fraction of sp³-hybridized carbons (Fsp3) is 0.263. The third-order valence-electron chi connectivity index (χ3n) is 4.12. The number of esters is 1. The number of hydrogen-bond donors (Lipinski definition) is 1. The number of nitrogens with zero attached hydrogens (tertiary/aromatic N) is 2. The number of halogens is 1. The first-order chi connectivity index (χ1) is 12.1. The summed E-state index contributed by atoms with van der Waals surface area (Å²) in [6, 6.07) is 13.6. The predicted octanol–water partition coefficient (Wildman–Crippen LogP) is 3.39. The molecule has 130 valence electrons. The first kappa shape index (κ1) is 17.5. The molecule has 0 bridgehead atoms. The Bertz CT molecular complexity index is 874. The summed E-state index contributed by atoms with van der Waals surface area (Å²) < 4.78 is 6.82. The molecule has 0 aliphatic carbocycles. The molecule has 0 amide bonds. The third kappa shape index (κ3) is 4.18. The first-order valence-corrected chi connectivity index (χ1v) is 8.44. The molecular formula is C19H20ClN3O2. The van der Waals surface area contributed by atoms with Gasteiger partial charge in [0.2, 0.25) is 0 Å². The monoisotopic (exact) mass is 357 g/mol. The second-order valence-corrected chi connectivity index (χ2v) is 6.38. The van der Waals surface area contributed by atoms with E-state index in [2.05, 4.69) is 20.9 Å². The third-order valence-corrected chi connectivity index (χ3v) is 4.37. The first-order valence-electron chi connectivity index (χ1n) is 8.06. The zero-order valence-corrected chi connectivity index (χ0v) is 15.0. The van der Waals surface area contributed by atoms with Gasteiger partial charge in [0, 0.05) is 18.1 Å². The highest BCUT2D eigenvalue weighted by molar-refractivity contribution is 6.30. The Morgan fingerprint density at radius 3 is 2.68 bits per heavy atom. The topological polar surface area (TPSA) is 56.1 Å². The number of benzene rings is 2. The summed E-state index contributed by atoms with van der Waals surface area (Å²) in [5, 5.41) is 3.88. The second kappa shape index (κ2) is 7.68. The molecule has 0 aliphatic heterocycles. The van der Waals surface area contributed by atoms with Crippen molar-refractivity contribution in [3.8, 4) is 0 Å². The number of carbonyl (C=O) groups is 1. The van der Waals surface area contributed by atoms with Gasteiger partial charge in [0.25, 0.3) is 0 Å². The van der Waals surface area contributed by atoms with E-state index in [9.17, 15) is 4.79 Å². The lowest BCUT2D eigenvalue weighted by Gasteiger charge is -2.11. The minimum atomic E-state index is -0.344. The van der Waals surface area contributed by atoms with Crippen LogP contribution in [0.25, 0.3) is 11.0 Å². The van der Waals surface area contributed by atoms with Gasteiger partial charge in [0.05, 0.1) is 24.5 Å². The number of fused-ring (bicyclic) bond motifs is 1. The molecule has 1 aromatic heterocycles. The van der Waals surface area contributed by atoms with Gasteiger partial charge in [0.15, 0.2) is 0 Å². The molecule has 25 heavy (non-hydrogen) atoms. The number of hydrogen-bond acceptors (Lipinski definition) is 4. The summed E-state index contributed by atoms with van der Waals surface area (Å²) in [6.07, 6.45) is 1.84. The Hall–Kier alpha value is -2.37. The summed E-state index contributed by atoms with van der Waals surface area (Å²) in [5.41, 5.74) is 4.24. The Balaban J connectivity index is 1.72. The van der Waals surface area contributed by atoms with Gasteiger partial charge < -0.3 is 14.6 Å². The van der Waals surface area contributed by atoms with Crippen molar-refractivity contribution in [1.82, 2.24) is 14.9 Å². The normalized spacial score (nSPS) is 12.3. The maximum absolute atomic E-state index is 11.4. The molecule has 0 aliphatic rings. The van der Waals surface area contributed by atoms with E-state index in [1.165, 1.54) is 12.7 Å². The number of nitrogens with one attached hydrogen (secondary N) is 1. The minimum Gasteiger partial charge on any atom is -0.468 e. The fourth-order valence-corrected chi connectivity index (χ4v) is 2.79. The predicted molar refractivity (Wildman–Crippen MR) is 98.6 cm³/mol. The van der Waals surface area contributed by atoms with Crippen molar-refractivity contribution in [2.45, 2.75) is 26.1 Å². The highest BCUT2D eigenvalue weighted by Gasteiger charge is 2.12.